The minimum absolute atomic E-state index is 0. The lowest BCUT2D eigenvalue weighted by atomic mass is 9.99. The zero-order valence-electron chi connectivity index (χ0n) is 11.6. The number of halogens is 1. The van der Waals surface area contributed by atoms with Gasteiger partial charge in [0.15, 0.2) is 5.96 Å². The predicted molar refractivity (Wildman–Crippen MR) is 91.4 cm³/mol. The van der Waals surface area contributed by atoms with Crippen molar-refractivity contribution in [2.24, 2.45) is 4.99 Å². The van der Waals surface area contributed by atoms with Crippen LogP contribution in [0.3, 0.4) is 0 Å². The molecular formula is C12H26IN3OS. The second kappa shape index (κ2) is 10.1. The number of nitrogens with zero attached hydrogens (tertiary/aromatic N) is 1. The van der Waals surface area contributed by atoms with E-state index in [4.69, 9.17) is 4.74 Å². The first-order chi connectivity index (χ1) is 8.26. The highest BCUT2D eigenvalue weighted by molar-refractivity contribution is 14.0. The van der Waals surface area contributed by atoms with E-state index in [1.807, 2.05) is 11.8 Å². The molecule has 0 atom stereocenters. The van der Waals surface area contributed by atoms with E-state index < -0.39 is 0 Å². The third-order valence-electron chi connectivity index (χ3n) is 3.05. The highest BCUT2D eigenvalue weighted by Gasteiger charge is 2.31. The largest absolute Gasteiger partial charge is 0.381 e. The highest BCUT2D eigenvalue weighted by atomic mass is 127. The molecule has 0 amide bonds. The molecule has 0 bridgehead atoms. The molecule has 1 saturated heterocycles. The third-order valence-corrected chi connectivity index (χ3v) is 4.45. The summed E-state index contributed by atoms with van der Waals surface area (Å²) in [4.78, 5) is 4.69. The molecule has 0 aromatic heterocycles. The molecule has 18 heavy (non-hydrogen) atoms. The Morgan fingerprint density at radius 2 is 1.78 bits per heavy atom. The number of rotatable bonds is 5. The maximum Gasteiger partial charge on any atom is 0.191 e. The summed E-state index contributed by atoms with van der Waals surface area (Å²) in [7, 11) is 0. The van der Waals surface area contributed by atoms with Crippen molar-refractivity contribution in [3.8, 4) is 0 Å². The lowest BCUT2D eigenvalue weighted by Crippen LogP contribution is -2.40. The fraction of sp³-hybridized carbons (Fsp3) is 0.917. The summed E-state index contributed by atoms with van der Waals surface area (Å²) >= 11 is 1.93. The van der Waals surface area contributed by atoms with Crippen molar-refractivity contribution in [3.63, 3.8) is 0 Å². The summed E-state index contributed by atoms with van der Waals surface area (Å²) < 4.78 is 5.71. The van der Waals surface area contributed by atoms with Gasteiger partial charge in [0, 0.05) is 31.1 Å². The van der Waals surface area contributed by atoms with E-state index in [1.54, 1.807) is 0 Å². The summed E-state index contributed by atoms with van der Waals surface area (Å²) in [5.74, 6) is 0.926. The molecule has 0 aliphatic carbocycles. The molecule has 1 aliphatic rings. The van der Waals surface area contributed by atoms with Crippen LogP contribution in [0.2, 0.25) is 0 Å². The smallest absolute Gasteiger partial charge is 0.191 e. The van der Waals surface area contributed by atoms with Crippen molar-refractivity contribution in [3.05, 3.63) is 0 Å². The topological polar surface area (TPSA) is 45.7 Å². The van der Waals surface area contributed by atoms with Crippen LogP contribution in [0.15, 0.2) is 4.99 Å². The van der Waals surface area contributed by atoms with Crippen LogP contribution in [0, 0.1) is 0 Å². The molecule has 0 radical (unpaired) electrons. The van der Waals surface area contributed by atoms with E-state index in [2.05, 4.69) is 35.7 Å². The van der Waals surface area contributed by atoms with E-state index in [9.17, 15) is 0 Å². The van der Waals surface area contributed by atoms with Gasteiger partial charge >= 0.3 is 0 Å². The van der Waals surface area contributed by atoms with Gasteiger partial charge in [0.1, 0.15) is 0 Å². The van der Waals surface area contributed by atoms with Crippen molar-refractivity contribution >= 4 is 41.7 Å². The normalized spacial score (nSPS) is 17.5. The predicted octanol–water partition coefficient (Wildman–Crippen LogP) is 2.09. The zero-order chi connectivity index (χ0) is 12.6. The van der Waals surface area contributed by atoms with E-state index in [0.29, 0.717) is 0 Å². The SMILES string of the molecule is CCNC(=NCC1(SC)CCOCC1)NCC.I. The van der Waals surface area contributed by atoms with Crippen LogP contribution in [0.25, 0.3) is 0 Å². The summed E-state index contributed by atoms with van der Waals surface area (Å²) in [6.07, 6.45) is 4.38. The maximum atomic E-state index is 5.44. The van der Waals surface area contributed by atoms with Gasteiger partial charge in [-0.2, -0.15) is 11.8 Å². The van der Waals surface area contributed by atoms with Crippen LogP contribution >= 0.6 is 35.7 Å². The van der Waals surface area contributed by atoms with Crippen molar-refractivity contribution < 1.29 is 4.74 Å². The molecule has 1 heterocycles. The Balaban J connectivity index is 0.00000289. The van der Waals surface area contributed by atoms with Gasteiger partial charge in [-0.3, -0.25) is 4.99 Å². The standard InChI is InChI=1S/C12H25N3OS.HI/c1-4-13-11(14-5-2)15-10-12(17-3)6-8-16-9-7-12;/h4-10H2,1-3H3,(H2,13,14,15);1H. The van der Waals surface area contributed by atoms with Gasteiger partial charge in [-0.25, -0.2) is 0 Å². The van der Waals surface area contributed by atoms with Gasteiger partial charge in [-0.15, -0.1) is 24.0 Å². The van der Waals surface area contributed by atoms with E-state index in [1.165, 1.54) is 0 Å². The quantitative estimate of drug-likeness (QED) is 0.431. The van der Waals surface area contributed by atoms with Crippen LogP contribution in [-0.2, 0) is 4.74 Å². The molecule has 1 aliphatic heterocycles. The molecule has 0 aromatic carbocycles. The summed E-state index contributed by atoms with van der Waals surface area (Å²) in [6.45, 7) is 8.59. The first-order valence-corrected chi connectivity index (χ1v) is 7.64. The van der Waals surface area contributed by atoms with Crippen LogP contribution < -0.4 is 10.6 Å². The Kier molecular flexibility index (Phi) is 10.3. The fourth-order valence-electron chi connectivity index (χ4n) is 1.90. The zero-order valence-corrected chi connectivity index (χ0v) is 14.8. The molecule has 1 fully saturated rings. The average molecular weight is 387 g/mol. The number of ether oxygens (including phenoxy) is 1. The lowest BCUT2D eigenvalue weighted by molar-refractivity contribution is 0.0794. The Morgan fingerprint density at radius 3 is 2.22 bits per heavy atom. The first-order valence-electron chi connectivity index (χ1n) is 6.41. The number of thioether (sulfide) groups is 1. The van der Waals surface area contributed by atoms with Gasteiger partial charge in [-0.05, 0) is 32.9 Å². The molecule has 2 N–H and O–H groups in total. The van der Waals surface area contributed by atoms with Crippen molar-refractivity contribution in [2.45, 2.75) is 31.4 Å². The monoisotopic (exact) mass is 387 g/mol. The molecule has 0 spiro atoms. The summed E-state index contributed by atoms with van der Waals surface area (Å²) in [5.41, 5.74) is 0. The molecule has 1 rings (SSSR count). The van der Waals surface area contributed by atoms with Crippen molar-refractivity contribution in [1.29, 1.82) is 0 Å². The minimum Gasteiger partial charge on any atom is -0.381 e. The molecule has 6 heteroatoms. The number of hydrogen-bond acceptors (Lipinski definition) is 3. The molecular weight excluding hydrogens is 361 g/mol. The average Bonchev–Trinajstić information content (AvgIpc) is 2.38. The number of guanidine groups is 1. The number of hydrogen-bond donors (Lipinski definition) is 2. The molecule has 0 aromatic rings. The van der Waals surface area contributed by atoms with Gasteiger partial charge < -0.3 is 15.4 Å². The van der Waals surface area contributed by atoms with Gasteiger partial charge in [0.05, 0.1) is 6.54 Å². The fourth-order valence-corrected chi connectivity index (χ4v) is 2.67. The Bertz CT molecular complexity index is 237. The van der Waals surface area contributed by atoms with Gasteiger partial charge in [0.2, 0.25) is 0 Å². The van der Waals surface area contributed by atoms with Crippen molar-refractivity contribution in [1.82, 2.24) is 10.6 Å². The van der Waals surface area contributed by atoms with Crippen LogP contribution in [0.5, 0.6) is 0 Å². The second-order valence-corrected chi connectivity index (χ2v) is 5.50. The minimum atomic E-state index is 0. The van der Waals surface area contributed by atoms with Crippen LogP contribution in [-0.4, -0.2) is 49.8 Å². The van der Waals surface area contributed by atoms with E-state index >= 15 is 0 Å². The first kappa shape index (κ1) is 18.3. The summed E-state index contributed by atoms with van der Waals surface area (Å²) in [6, 6.07) is 0. The number of aliphatic imine (C=N–C) groups is 1. The van der Waals surface area contributed by atoms with Crippen LogP contribution in [0.4, 0.5) is 0 Å². The molecule has 108 valence electrons. The third kappa shape index (κ3) is 5.97. The van der Waals surface area contributed by atoms with E-state index in [-0.39, 0.29) is 28.7 Å². The van der Waals surface area contributed by atoms with Crippen molar-refractivity contribution in [2.75, 3.05) is 39.1 Å². The Morgan fingerprint density at radius 1 is 1.22 bits per heavy atom. The number of nitrogens with one attached hydrogen (secondary N) is 2. The Labute approximate surface area is 132 Å². The lowest BCUT2D eigenvalue weighted by Gasteiger charge is -2.34. The Hall–Kier alpha value is 0.310. The van der Waals surface area contributed by atoms with Gasteiger partial charge in [0.25, 0.3) is 0 Å². The van der Waals surface area contributed by atoms with E-state index in [0.717, 1.165) is 51.6 Å². The molecule has 0 unspecified atom stereocenters. The summed E-state index contributed by atoms with van der Waals surface area (Å²) in [5, 5.41) is 6.53. The molecule has 4 nitrogen and oxygen atoms in total. The van der Waals surface area contributed by atoms with Crippen LogP contribution in [0.1, 0.15) is 26.7 Å². The highest BCUT2D eigenvalue weighted by Crippen LogP contribution is 2.33. The second-order valence-electron chi connectivity index (χ2n) is 4.23. The maximum absolute atomic E-state index is 5.44. The van der Waals surface area contributed by atoms with Gasteiger partial charge in [-0.1, -0.05) is 0 Å². The molecule has 0 saturated carbocycles.